The molecule has 1 amide bonds. The first-order valence-corrected chi connectivity index (χ1v) is 16.0. The van der Waals surface area contributed by atoms with Gasteiger partial charge in [-0.3, -0.25) is 14.9 Å². The van der Waals surface area contributed by atoms with E-state index in [-0.39, 0.29) is 17.7 Å². The van der Waals surface area contributed by atoms with Gasteiger partial charge in [0.15, 0.2) is 5.82 Å². The highest BCUT2D eigenvalue weighted by Gasteiger charge is 2.27. The Hall–Kier alpha value is -4.18. The number of hydrogen-bond acceptors (Lipinski definition) is 7. The number of allylic oxidation sites excluding steroid dienone is 1. The van der Waals surface area contributed by atoms with E-state index in [4.69, 9.17) is 0 Å². The van der Waals surface area contributed by atoms with Gasteiger partial charge in [-0.25, -0.2) is 9.97 Å². The summed E-state index contributed by atoms with van der Waals surface area (Å²) in [6.07, 6.45) is 9.88. The summed E-state index contributed by atoms with van der Waals surface area (Å²) in [6, 6.07) is 20.0. The van der Waals surface area contributed by atoms with E-state index < -0.39 is 24.3 Å². The van der Waals surface area contributed by atoms with E-state index in [0.29, 0.717) is 10.7 Å². The number of aliphatic hydroxyl groups excluding tert-OH is 1. The zero-order valence-electron chi connectivity index (χ0n) is 26.2. The molecule has 3 atom stereocenters. The van der Waals surface area contributed by atoms with E-state index in [9.17, 15) is 19.8 Å². The van der Waals surface area contributed by atoms with Gasteiger partial charge in [0.05, 0.1) is 10.9 Å². The van der Waals surface area contributed by atoms with E-state index in [1.807, 2.05) is 42.5 Å². The molecule has 236 valence electrons. The lowest BCUT2D eigenvalue weighted by molar-refractivity contribution is -0.140. The van der Waals surface area contributed by atoms with Crippen molar-refractivity contribution in [1.82, 2.24) is 20.6 Å². The molecule has 9 heteroatoms. The number of hydrogen-bond donors (Lipinski definition) is 4. The number of benzene rings is 2. The van der Waals surface area contributed by atoms with Crippen LogP contribution in [0.4, 0.5) is 0 Å². The van der Waals surface area contributed by atoms with Gasteiger partial charge in [-0.05, 0) is 61.3 Å². The third kappa shape index (κ3) is 10.2. The molecular weight excluding hydrogens is 584 g/mol. The van der Waals surface area contributed by atoms with Gasteiger partial charge < -0.3 is 15.5 Å². The second-order valence-corrected chi connectivity index (χ2v) is 13.3. The Labute approximate surface area is 269 Å². The summed E-state index contributed by atoms with van der Waals surface area (Å²) in [5, 5.41) is 25.8. The number of rotatable bonds is 14. The van der Waals surface area contributed by atoms with Crippen LogP contribution in [-0.2, 0) is 23.1 Å². The van der Waals surface area contributed by atoms with E-state index >= 15 is 0 Å². The highest BCUT2D eigenvalue weighted by atomic mass is 32.1. The van der Waals surface area contributed by atoms with Gasteiger partial charge in [0.2, 0.25) is 0 Å². The first-order chi connectivity index (χ1) is 21.5. The minimum Gasteiger partial charge on any atom is -0.480 e. The molecule has 0 radical (unpaired) electrons. The van der Waals surface area contributed by atoms with Crippen molar-refractivity contribution >= 4 is 29.3 Å². The maximum atomic E-state index is 13.2. The average Bonchev–Trinajstić information content (AvgIpc) is 3.53. The van der Waals surface area contributed by atoms with Crippen molar-refractivity contribution in [1.29, 1.82) is 0 Å². The van der Waals surface area contributed by atoms with Crippen LogP contribution in [0.15, 0.2) is 85.2 Å². The van der Waals surface area contributed by atoms with Crippen molar-refractivity contribution in [2.45, 2.75) is 77.1 Å². The van der Waals surface area contributed by atoms with Crippen LogP contribution in [0.2, 0.25) is 0 Å². The Morgan fingerprint density at radius 2 is 1.64 bits per heavy atom. The number of carboxylic acids is 1. The fourth-order valence-corrected chi connectivity index (χ4v) is 5.66. The quantitative estimate of drug-likeness (QED) is 0.0962. The topological polar surface area (TPSA) is 124 Å². The molecule has 45 heavy (non-hydrogen) atoms. The lowest BCUT2D eigenvalue weighted by Crippen LogP contribution is -2.54. The van der Waals surface area contributed by atoms with Crippen LogP contribution < -0.4 is 10.6 Å². The molecule has 0 saturated carbocycles. The molecule has 8 nitrogen and oxygen atoms in total. The van der Waals surface area contributed by atoms with Gasteiger partial charge in [0.25, 0.3) is 5.91 Å². The largest absolute Gasteiger partial charge is 0.480 e. The van der Waals surface area contributed by atoms with Gasteiger partial charge in [-0.15, -0.1) is 11.3 Å². The van der Waals surface area contributed by atoms with Crippen LogP contribution in [0.3, 0.4) is 0 Å². The summed E-state index contributed by atoms with van der Waals surface area (Å²) in [5.41, 5.74) is 3.88. The maximum Gasteiger partial charge on any atom is 0.320 e. The van der Waals surface area contributed by atoms with Gasteiger partial charge in [-0.1, -0.05) is 87.5 Å². The predicted molar refractivity (Wildman–Crippen MR) is 180 cm³/mol. The smallest absolute Gasteiger partial charge is 0.320 e. The minimum atomic E-state index is -1.29. The third-order valence-corrected chi connectivity index (χ3v) is 8.90. The molecule has 4 aromatic rings. The zero-order chi connectivity index (χ0) is 32.4. The molecule has 0 aliphatic heterocycles. The lowest BCUT2D eigenvalue weighted by Gasteiger charge is -2.26. The maximum absolute atomic E-state index is 13.2. The van der Waals surface area contributed by atoms with E-state index in [0.717, 1.165) is 40.8 Å². The van der Waals surface area contributed by atoms with Gasteiger partial charge in [-0.2, -0.15) is 0 Å². The van der Waals surface area contributed by atoms with E-state index in [2.05, 4.69) is 71.7 Å². The number of carbonyl (C=O) groups is 2. The highest BCUT2D eigenvalue weighted by molar-refractivity contribution is 7.14. The van der Waals surface area contributed by atoms with Crippen LogP contribution in [0.5, 0.6) is 0 Å². The standard InChI is InChI=1S/C36H42N4O4S/c1-24(35(43)44)39-33(41)29(40-34(42)30-19-20-31(45-30)36(2,3)4)21-26-15-17-28(18-16-26)32-37-22-27(23-38-32)14-10-6-9-13-25-11-7-5-8-12-25/h5,7-8,10-12,14-20,22-24,29,33,39,41H,6,9,13,21H2,1-4H3,(H,40,42)(H,43,44)/b14-10-/t24-,29+,33?/m1/s1. The Morgan fingerprint density at radius 3 is 2.27 bits per heavy atom. The molecule has 0 saturated heterocycles. The molecule has 0 aliphatic rings. The Morgan fingerprint density at radius 1 is 0.956 bits per heavy atom. The van der Waals surface area contributed by atoms with Crippen LogP contribution in [0, 0.1) is 0 Å². The summed E-state index contributed by atoms with van der Waals surface area (Å²) in [4.78, 5) is 35.2. The van der Waals surface area contributed by atoms with Gasteiger partial charge in [0, 0.05) is 28.4 Å². The van der Waals surface area contributed by atoms with Crippen LogP contribution >= 0.6 is 11.3 Å². The van der Waals surface area contributed by atoms with Crippen molar-refractivity contribution in [3.05, 3.63) is 112 Å². The normalized spacial score (nSPS) is 13.8. The Kier molecular flexibility index (Phi) is 11.8. The Bertz CT molecular complexity index is 1560. The molecule has 0 spiro atoms. The number of carbonyl (C=O) groups excluding carboxylic acids is 1. The summed E-state index contributed by atoms with van der Waals surface area (Å²) < 4.78 is 0. The van der Waals surface area contributed by atoms with Crippen LogP contribution in [-0.4, -0.2) is 50.4 Å². The van der Waals surface area contributed by atoms with Crippen LogP contribution in [0.1, 0.15) is 71.8 Å². The number of nitrogens with zero attached hydrogens (tertiary/aromatic N) is 2. The predicted octanol–water partition coefficient (Wildman–Crippen LogP) is 6.26. The van der Waals surface area contributed by atoms with E-state index in [1.165, 1.54) is 23.8 Å². The molecule has 2 aromatic heterocycles. The van der Waals surface area contributed by atoms with E-state index in [1.54, 1.807) is 18.5 Å². The number of aryl methyl sites for hydroxylation is 1. The highest BCUT2D eigenvalue weighted by Crippen LogP contribution is 2.29. The number of aliphatic hydroxyl groups is 1. The number of nitrogens with one attached hydrogen (secondary N) is 2. The summed E-state index contributed by atoms with van der Waals surface area (Å²) in [7, 11) is 0. The molecule has 4 N–H and O–H groups in total. The third-order valence-electron chi connectivity index (χ3n) is 7.39. The molecular formula is C36H42N4O4S. The average molecular weight is 627 g/mol. The first kappa shape index (κ1) is 33.7. The summed E-state index contributed by atoms with van der Waals surface area (Å²) in [6.45, 7) is 7.69. The number of aliphatic carboxylic acids is 1. The fraction of sp³-hybridized carbons (Fsp3) is 0.333. The van der Waals surface area contributed by atoms with Crippen LogP contribution in [0.25, 0.3) is 17.5 Å². The molecule has 1 unspecified atom stereocenters. The number of unbranched alkanes of at least 4 members (excludes halogenated alkanes) is 1. The van der Waals surface area contributed by atoms with Crippen molar-refractivity contribution in [3.63, 3.8) is 0 Å². The molecule has 0 aliphatic carbocycles. The van der Waals surface area contributed by atoms with Crippen molar-refractivity contribution in [2.24, 2.45) is 0 Å². The monoisotopic (exact) mass is 626 g/mol. The van der Waals surface area contributed by atoms with Gasteiger partial charge >= 0.3 is 5.97 Å². The zero-order valence-corrected chi connectivity index (χ0v) is 27.1. The number of thiophene rings is 1. The molecule has 4 rings (SSSR count). The molecule has 2 heterocycles. The second-order valence-electron chi connectivity index (χ2n) is 12.2. The summed E-state index contributed by atoms with van der Waals surface area (Å²) in [5.74, 6) is -0.822. The van der Waals surface area contributed by atoms with Crippen molar-refractivity contribution in [3.8, 4) is 11.4 Å². The van der Waals surface area contributed by atoms with Crippen molar-refractivity contribution < 1.29 is 19.8 Å². The Balaban J connectivity index is 1.38. The number of amides is 1. The molecule has 0 fully saturated rings. The second kappa shape index (κ2) is 15.7. The fourth-order valence-electron chi connectivity index (χ4n) is 4.69. The van der Waals surface area contributed by atoms with Gasteiger partial charge in [0.1, 0.15) is 12.3 Å². The number of carboxylic acid groups (broad SMARTS) is 1. The molecule has 0 bridgehead atoms. The molecule has 2 aromatic carbocycles. The summed E-state index contributed by atoms with van der Waals surface area (Å²) >= 11 is 1.41. The first-order valence-electron chi connectivity index (χ1n) is 15.2. The van der Waals surface area contributed by atoms with Crippen molar-refractivity contribution in [2.75, 3.05) is 0 Å². The SMILES string of the molecule is C[C@@H](NC(O)[C@H](Cc1ccc(-c2ncc(/C=C\CCCc3ccccc3)cn2)cc1)NC(=O)c1ccc(C(C)(C)C)s1)C(=O)O. The minimum absolute atomic E-state index is 0.0916. The lowest BCUT2D eigenvalue weighted by atomic mass is 9.95. The number of aromatic nitrogens is 2.